The largest absolute Gasteiger partial charge is 0.376 e. The number of aryl methyl sites for hydroxylation is 1. The third-order valence-corrected chi connectivity index (χ3v) is 6.55. The van der Waals surface area contributed by atoms with Crippen LogP contribution in [0.1, 0.15) is 32.8 Å². The molecule has 1 unspecified atom stereocenters. The number of hydrogen-bond donors (Lipinski definition) is 2. The summed E-state index contributed by atoms with van der Waals surface area (Å²) in [6.07, 6.45) is 1.95. The standard InChI is InChI=1S/C19H21N3O6S/c1-12-8-16-19(24)21-15-9-13(2-3-17(15)29(25,26)22(16)10-12)18(23)20-5-4-14-11-27-6-7-28-14/h2-3,8-10,14H,4-7,11H2,1H3,(H,20,23)(H,21,24). The number of fused-ring (bicyclic) bond motifs is 2. The van der Waals surface area contributed by atoms with Gasteiger partial charge in [-0.1, -0.05) is 0 Å². The van der Waals surface area contributed by atoms with Crippen LogP contribution in [0.4, 0.5) is 5.69 Å². The third-order valence-electron chi connectivity index (χ3n) is 4.82. The molecular formula is C19H21N3O6S. The van der Waals surface area contributed by atoms with Crippen LogP contribution in [0, 0.1) is 6.92 Å². The summed E-state index contributed by atoms with van der Waals surface area (Å²) in [5, 5.41) is 5.37. The van der Waals surface area contributed by atoms with Gasteiger partial charge in [0.15, 0.2) is 0 Å². The Morgan fingerprint density at radius 2 is 2.14 bits per heavy atom. The van der Waals surface area contributed by atoms with E-state index < -0.39 is 15.9 Å². The maximum absolute atomic E-state index is 12.9. The number of nitrogens with zero attached hydrogens (tertiary/aromatic N) is 1. The number of benzene rings is 1. The molecule has 29 heavy (non-hydrogen) atoms. The van der Waals surface area contributed by atoms with Crippen LogP contribution < -0.4 is 10.6 Å². The first kappa shape index (κ1) is 19.6. The van der Waals surface area contributed by atoms with E-state index in [1.807, 2.05) is 0 Å². The molecule has 10 heteroatoms. The van der Waals surface area contributed by atoms with Crippen molar-refractivity contribution in [3.63, 3.8) is 0 Å². The van der Waals surface area contributed by atoms with E-state index in [-0.39, 0.29) is 33.9 Å². The van der Waals surface area contributed by atoms with Gasteiger partial charge in [-0.05, 0) is 43.2 Å². The number of carbonyl (C=O) groups excluding carboxylic acids is 2. The zero-order valence-corrected chi connectivity index (χ0v) is 16.6. The molecule has 2 aromatic rings. The Balaban J connectivity index is 1.53. The molecule has 2 aliphatic rings. The van der Waals surface area contributed by atoms with Gasteiger partial charge in [-0.15, -0.1) is 0 Å². The highest BCUT2D eigenvalue weighted by Gasteiger charge is 2.31. The van der Waals surface area contributed by atoms with E-state index >= 15 is 0 Å². The van der Waals surface area contributed by atoms with Gasteiger partial charge < -0.3 is 20.1 Å². The monoisotopic (exact) mass is 419 g/mol. The quantitative estimate of drug-likeness (QED) is 0.768. The van der Waals surface area contributed by atoms with Crippen molar-refractivity contribution in [2.24, 2.45) is 0 Å². The average molecular weight is 419 g/mol. The number of anilines is 1. The minimum Gasteiger partial charge on any atom is -0.376 e. The molecule has 3 heterocycles. The number of nitrogens with one attached hydrogen (secondary N) is 2. The summed E-state index contributed by atoms with van der Waals surface area (Å²) in [6, 6.07) is 5.64. The van der Waals surface area contributed by atoms with E-state index in [1.54, 1.807) is 6.92 Å². The Morgan fingerprint density at radius 1 is 1.31 bits per heavy atom. The lowest BCUT2D eigenvalue weighted by atomic mass is 10.1. The van der Waals surface area contributed by atoms with Crippen LogP contribution >= 0.6 is 0 Å². The van der Waals surface area contributed by atoms with Crippen molar-refractivity contribution in [3.05, 3.63) is 47.3 Å². The van der Waals surface area contributed by atoms with Crippen molar-refractivity contribution >= 4 is 27.5 Å². The molecule has 0 radical (unpaired) electrons. The molecule has 1 fully saturated rings. The molecular weight excluding hydrogens is 398 g/mol. The molecule has 9 nitrogen and oxygen atoms in total. The summed E-state index contributed by atoms with van der Waals surface area (Å²) in [5.41, 5.74) is 1.01. The zero-order valence-electron chi connectivity index (χ0n) is 15.8. The highest BCUT2D eigenvalue weighted by molar-refractivity contribution is 7.90. The highest BCUT2D eigenvalue weighted by Crippen LogP contribution is 2.30. The lowest BCUT2D eigenvalue weighted by Crippen LogP contribution is -2.33. The van der Waals surface area contributed by atoms with Gasteiger partial charge in [-0.3, -0.25) is 9.59 Å². The maximum Gasteiger partial charge on any atom is 0.273 e. The van der Waals surface area contributed by atoms with Gasteiger partial charge >= 0.3 is 0 Å². The predicted molar refractivity (Wildman–Crippen MR) is 104 cm³/mol. The van der Waals surface area contributed by atoms with Gasteiger partial charge in [0.2, 0.25) is 0 Å². The molecule has 0 spiro atoms. The Morgan fingerprint density at radius 3 is 2.90 bits per heavy atom. The van der Waals surface area contributed by atoms with E-state index in [0.717, 1.165) is 3.97 Å². The first-order valence-corrected chi connectivity index (χ1v) is 10.7. The summed E-state index contributed by atoms with van der Waals surface area (Å²) in [4.78, 5) is 24.9. The van der Waals surface area contributed by atoms with Gasteiger partial charge in [0.25, 0.3) is 21.8 Å². The molecule has 0 bridgehead atoms. The van der Waals surface area contributed by atoms with Crippen molar-refractivity contribution in [2.75, 3.05) is 31.7 Å². The van der Waals surface area contributed by atoms with E-state index in [0.29, 0.717) is 38.3 Å². The molecule has 2 amide bonds. The van der Waals surface area contributed by atoms with E-state index in [9.17, 15) is 18.0 Å². The average Bonchev–Trinajstić information content (AvgIpc) is 3.08. The molecule has 0 aliphatic carbocycles. The van der Waals surface area contributed by atoms with Crippen LogP contribution in [-0.2, 0) is 19.5 Å². The topological polar surface area (TPSA) is 116 Å². The summed E-state index contributed by atoms with van der Waals surface area (Å²) in [7, 11) is -3.95. The van der Waals surface area contributed by atoms with Gasteiger partial charge in [-0.25, -0.2) is 12.4 Å². The van der Waals surface area contributed by atoms with Gasteiger partial charge in [-0.2, -0.15) is 0 Å². The smallest absolute Gasteiger partial charge is 0.273 e. The van der Waals surface area contributed by atoms with Gasteiger partial charge in [0, 0.05) is 18.3 Å². The molecule has 4 rings (SSSR count). The number of carbonyl (C=O) groups is 2. The number of rotatable bonds is 4. The van der Waals surface area contributed by atoms with Crippen molar-refractivity contribution in [2.45, 2.75) is 24.3 Å². The molecule has 1 aromatic heterocycles. The summed E-state index contributed by atoms with van der Waals surface area (Å²) >= 11 is 0. The molecule has 2 aliphatic heterocycles. The highest BCUT2D eigenvalue weighted by atomic mass is 32.2. The van der Waals surface area contributed by atoms with Crippen LogP contribution in [0.25, 0.3) is 0 Å². The summed E-state index contributed by atoms with van der Waals surface area (Å²) in [5.74, 6) is -0.914. The fourth-order valence-electron chi connectivity index (χ4n) is 3.37. The molecule has 2 N–H and O–H groups in total. The number of aromatic nitrogens is 1. The van der Waals surface area contributed by atoms with Crippen molar-refractivity contribution in [1.82, 2.24) is 9.29 Å². The molecule has 154 valence electrons. The minimum absolute atomic E-state index is 0.0272. The van der Waals surface area contributed by atoms with Crippen molar-refractivity contribution in [1.29, 1.82) is 0 Å². The molecule has 1 atom stereocenters. The van der Waals surface area contributed by atoms with Crippen LogP contribution in [0.3, 0.4) is 0 Å². The van der Waals surface area contributed by atoms with E-state index in [2.05, 4.69) is 10.6 Å². The normalized spacial score (nSPS) is 20.2. The first-order valence-electron chi connectivity index (χ1n) is 9.24. The summed E-state index contributed by atoms with van der Waals surface area (Å²) in [6.45, 7) is 3.72. The SMILES string of the molecule is Cc1cc2n(c1)S(=O)(=O)c1ccc(C(=O)NCCC3COCCO3)cc1NC2=O. The van der Waals surface area contributed by atoms with Crippen molar-refractivity contribution < 1.29 is 27.5 Å². The molecule has 0 saturated carbocycles. The Labute approximate surface area is 168 Å². The minimum atomic E-state index is -3.95. The zero-order chi connectivity index (χ0) is 20.6. The summed E-state index contributed by atoms with van der Waals surface area (Å²) < 4.78 is 37.7. The second-order valence-electron chi connectivity index (χ2n) is 6.98. The molecule has 1 aromatic carbocycles. The van der Waals surface area contributed by atoms with Crippen molar-refractivity contribution in [3.8, 4) is 0 Å². The first-order chi connectivity index (χ1) is 13.9. The second kappa shape index (κ2) is 7.62. The number of hydrogen-bond acceptors (Lipinski definition) is 6. The van der Waals surface area contributed by atoms with Gasteiger partial charge in [0.05, 0.1) is 31.6 Å². The molecule has 1 saturated heterocycles. The number of amides is 2. The predicted octanol–water partition coefficient (Wildman–Crippen LogP) is 1.13. The van der Waals surface area contributed by atoms with Crippen LogP contribution in [0.5, 0.6) is 0 Å². The van der Waals surface area contributed by atoms with Gasteiger partial charge in [0.1, 0.15) is 10.6 Å². The fraction of sp³-hybridized carbons (Fsp3) is 0.368. The maximum atomic E-state index is 12.9. The third kappa shape index (κ3) is 3.78. The lowest BCUT2D eigenvalue weighted by molar-refractivity contribution is -0.0899. The van der Waals surface area contributed by atoms with E-state index in [4.69, 9.17) is 9.47 Å². The Hall–Kier alpha value is -2.69. The van der Waals surface area contributed by atoms with Crippen LogP contribution in [-0.4, -0.2) is 56.7 Å². The Kier molecular flexibility index (Phi) is 5.15. The Bertz CT molecular complexity index is 1070. The second-order valence-corrected chi connectivity index (χ2v) is 8.76. The lowest BCUT2D eigenvalue weighted by Gasteiger charge is -2.22. The fourth-order valence-corrected chi connectivity index (χ4v) is 4.91. The van der Waals surface area contributed by atoms with Crippen LogP contribution in [0.2, 0.25) is 0 Å². The van der Waals surface area contributed by atoms with Crippen LogP contribution in [0.15, 0.2) is 35.4 Å². The van der Waals surface area contributed by atoms with E-state index in [1.165, 1.54) is 30.5 Å². The number of ether oxygens (including phenoxy) is 2.